The molecule has 0 spiro atoms. The topological polar surface area (TPSA) is 29.5 Å². The zero-order valence-electron chi connectivity index (χ0n) is 11.3. The molecule has 0 fully saturated rings. The van der Waals surface area contributed by atoms with Gasteiger partial charge in [-0.15, -0.1) is 11.8 Å². The van der Waals surface area contributed by atoms with Crippen LogP contribution in [0.2, 0.25) is 0 Å². The van der Waals surface area contributed by atoms with E-state index in [1.807, 2.05) is 23.7 Å². The summed E-state index contributed by atoms with van der Waals surface area (Å²) in [7, 11) is 3.35. The number of hydrogen-bond donors (Lipinski definition) is 0. The average Bonchev–Trinajstić information content (AvgIpc) is 2.38. The number of carbonyl (C=O) groups excluding carboxylic acids is 1. The molecule has 0 aliphatic rings. The van der Waals surface area contributed by atoms with Crippen LogP contribution in [0, 0.1) is 0 Å². The normalized spacial score (nSPS) is 10.7. The second kappa shape index (κ2) is 8.16. The quantitative estimate of drug-likeness (QED) is 0.560. The minimum absolute atomic E-state index is 0.188. The van der Waals surface area contributed by atoms with Crippen molar-refractivity contribution in [1.82, 2.24) is 4.90 Å². The Hall–Kier alpha value is -1.00. The van der Waals surface area contributed by atoms with Crippen molar-refractivity contribution < 1.29 is 9.53 Å². The molecular formula is C14H21NO2S. The monoisotopic (exact) mass is 267 g/mol. The highest BCUT2D eigenvalue weighted by Gasteiger charge is 2.05. The lowest BCUT2D eigenvalue weighted by Gasteiger charge is -2.14. The fraction of sp³-hybridized carbons (Fsp3) is 0.500. The molecule has 0 heterocycles. The zero-order valence-corrected chi connectivity index (χ0v) is 12.1. The van der Waals surface area contributed by atoms with Crippen LogP contribution in [-0.2, 0) is 16.0 Å². The van der Waals surface area contributed by atoms with Gasteiger partial charge in [-0.3, -0.25) is 9.69 Å². The van der Waals surface area contributed by atoms with Gasteiger partial charge in [0, 0.05) is 11.4 Å². The van der Waals surface area contributed by atoms with Gasteiger partial charge in [-0.1, -0.05) is 19.1 Å². The Morgan fingerprint density at radius 3 is 2.56 bits per heavy atom. The van der Waals surface area contributed by atoms with Crippen molar-refractivity contribution in [2.75, 3.05) is 33.0 Å². The number of esters is 1. The first kappa shape index (κ1) is 15.1. The standard InChI is InChI=1S/C14H21NO2S/c1-4-18-13-7-5-12(6-8-13)9-10-15(2)11-14(16)17-3/h5-8H,4,9-11H2,1-3H3. The number of likely N-dealkylation sites (N-methyl/N-ethyl adjacent to an activating group) is 1. The molecule has 0 aliphatic carbocycles. The number of benzene rings is 1. The van der Waals surface area contributed by atoms with Gasteiger partial charge in [-0.2, -0.15) is 0 Å². The largest absolute Gasteiger partial charge is 0.468 e. The number of nitrogens with zero attached hydrogens (tertiary/aromatic N) is 1. The highest BCUT2D eigenvalue weighted by atomic mass is 32.2. The Morgan fingerprint density at radius 1 is 1.33 bits per heavy atom. The maximum atomic E-state index is 11.1. The third-order valence-corrected chi connectivity index (χ3v) is 3.54. The minimum atomic E-state index is -0.188. The van der Waals surface area contributed by atoms with E-state index in [4.69, 9.17) is 0 Å². The van der Waals surface area contributed by atoms with Crippen molar-refractivity contribution in [1.29, 1.82) is 0 Å². The Kier molecular flexibility index (Phi) is 6.83. The van der Waals surface area contributed by atoms with Crippen molar-refractivity contribution in [2.45, 2.75) is 18.2 Å². The summed E-state index contributed by atoms with van der Waals surface area (Å²) in [4.78, 5) is 14.4. The van der Waals surface area contributed by atoms with Crippen LogP contribution in [0.15, 0.2) is 29.2 Å². The van der Waals surface area contributed by atoms with Crippen LogP contribution >= 0.6 is 11.8 Å². The summed E-state index contributed by atoms with van der Waals surface area (Å²) < 4.78 is 4.63. The summed E-state index contributed by atoms with van der Waals surface area (Å²) in [5.74, 6) is 0.911. The van der Waals surface area contributed by atoms with Gasteiger partial charge in [-0.25, -0.2) is 0 Å². The molecule has 0 atom stereocenters. The van der Waals surface area contributed by atoms with Crippen molar-refractivity contribution in [3.05, 3.63) is 29.8 Å². The first-order chi connectivity index (χ1) is 8.65. The van der Waals surface area contributed by atoms with Gasteiger partial charge >= 0.3 is 5.97 Å². The van der Waals surface area contributed by atoms with Gasteiger partial charge in [0.15, 0.2) is 0 Å². The average molecular weight is 267 g/mol. The molecule has 0 N–H and O–H groups in total. The number of ether oxygens (including phenoxy) is 1. The number of carbonyl (C=O) groups is 1. The van der Waals surface area contributed by atoms with E-state index < -0.39 is 0 Å². The second-order valence-corrected chi connectivity index (χ2v) is 5.48. The van der Waals surface area contributed by atoms with E-state index in [1.54, 1.807) is 0 Å². The molecule has 0 radical (unpaired) electrons. The first-order valence-electron chi connectivity index (χ1n) is 6.12. The number of thioether (sulfide) groups is 1. The summed E-state index contributed by atoms with van der Waals surface area (Å²) >= 11 is 1.85. The molecule has 3 nitrogen and oxygen atoms in total. The maximum absolute atomic E-state index is 11.1. The minimum Gasteiger partial charge on any atom is -0.468 e. The molecule has 1 aromatic carbocycles. The number of rotatable bonds is 7. The molecule has 0 saturated carbocycles. The fourth-order valence-electron chi connectivity index (χ4n) is 1.60. The Bertz CT molecular complexity index is 365. The van der Waals surface area contributed by atoms with Crippen molar-refractivity contribution in [2.24, 2.45) is 0 Å². The lowest BCUT2D eigenvalue weighted by Crippen LogP contribution is -2.28. The highest BCUT2D eigenvalue weighted by molar-refractivity contribution is 7.99. The van der Waals surface area contributed by atoms with Crippen LogP contribution in [0.25, 0.3) is 0 Å². The third kappa shape index (κ3) is 5.56. The van der Waals surface area contributed by atoms with Crippen LogP contribution in [0.4, 0.5) is 0 Å². The Balaban J connectivity index is 2.36. The summed E-state index contributed by atoms with van der Waals surface area (Å²) in [5.41, 5.74) is 1.30. The maximum Gasteiger partial charge on any atom is 0.319 e. The molecule has 4 heteroatoms. The number of methoxy groups -OCH3 is 1. The Labute approximate surface area is 114 Å². The van der Waals surface area contributed by atoms with E-state index in [9.17, 15) is 4.79 Å². The zero-order chi connectivity index (χ0) is 13.4. The smallest absolute Gasteiger partial charge is 0.319 e. The van der Waals surface area contributed by atoms with E-state index in [0.29, 0.717) is 6.54 Å². The predicted molar refractivity (Wildman–Crippen MR) is 76.1 cm³/mol. The fourth-order valence-corrected chi connectivity index (χ4v) is 2.26. The molecule has 1 aromatic rings. The van der Waals surface area contributed by atoms with Crippen LogP contribution in [-0.4, -0.2) is 43.9 Å². The SMILES string of the molecule is CCSc1ccc(CCN(C)CC(=O)OC)cc1. The van der Waals surface area contributed by atoms with E-state index in [2.05, 4.69) is 35.9 Å². The molecule has 0 aromatic heterocycles. The molecule has 100 valence electrons. The van der Waals surface area contributed by atoms with E-state index >= 15 is 0 Å². The van der Waals surface area contributed by atoms with Crippen LogP contribution in [0.5, 0.6) is 0 Å². The highest BCUT2D eigenvalue weighted by Crippen LogP contribution is 2.17. The van der Waals surface area contributed by atoms with Gasteiger partial charge in [0.25, 0.3) is 0 Å². The van der Waals surface area contributed by atoms with E-state index in [-0.39, 0.29) is 5.97 Å². The Morgan fingerprint density at radius 2 is 2.00 bits per heavy atom. The first-order valence-corrected chi connectivity index (χ1v) is 7.11. The predicted octanol–water partition coefficient (Wildman–Crippen LogP) is 2.45. The molecular weight excluding hydrogens is 246 g/mol. The van der Waals surface area contributed by atoms with Crippen LogP contribution in [0.3, 0.4) is 0 Å². The van der Waals surface area contributed by atoms with E-state index in [0.717, 1.165) is 18.7 Å². The molecule has 1 rings (SSSR count). The van der Waals surface area contributed by atoms with E-state index in [1.165, 1.54) is 17.6 Å². The molecule has 0 amide bonds. The second-order valence-electron chi connectivity index (χ2n) is 4.14. The summed E-state index contributed by atoms with van der Waals surface area (Å²) in [6.45, 7) is 3.36. The van der Waals surface area contributed by atoms with Gasteiger partial charge in [-0.05, 0) is 36.9 Å². The molecule has 0 bridgehead atoms. The van der Waals surface area contributed by atoms with Crippen LogP contribution < -0.4 is 0 Å². The van der Waals surface area contributed by atoms with Crippen molar-refractivity contribution in [3.63, 3.8) is 0 Å². The van der Waals surface area contributed by atoms with Gasteiger partial charge in [0.2, 0.25) is 0 Å². The van der Waals surface area contributed by atoms with Crippen molar-refractivity contribution in [3.8, 4) is 0 Å². The number of hydrogen-bond acceptors (Lipinski definition) is 4. The molecule has 18 heavy (non-hydrogen) atoms. The molecule has 0 aliphatic heterocycles. The summed E-state index contributed by atoms with van der Waals surface area (Å²) in [6.07, 6.45) is 0.949. The lowest BCUT2D eigenvalue weighted by molar-refractivity contribution is -0.141. The molecule has 0 unspecified atom stereocenters. The molecule has 0 saturated heterocycles. The van der Waals surface area contributed by atoms with Gasteiger partial charge < -0.3 is 4.74 Å². The lowest BCUT2D eigenvalue weighted by atomic mass is 10.1. The summed E-state index contributed by atoms with van der Waals surface area (Å²) in [6, 6.07) is 8.63. The van der Waals surface area contributed by atoms with Crippen LogP contribution in [0.1, 0.15) is 12.5 Å². The van der Waals surface area contributed by atoms with Crippen molar-refractivity contribution >= 4 is 17.7 Å². The van der Waals surface area contributed by atoms with Gasteiger partial charge in [0.1, 0.15) is 0 Å². The third-order valence-electron chi connectivity index (χ3n) is 2.64. The van der Waals surface area contributed by atoms with Gasteiger partial charge in [0.05, 0.1) is 13.7 Å². The summed E-state index contributed by atoms with van der Waals surface area (Å²) in [5, 5.41) is 0.